The Labute approximate surface area is 146 Å². The Bertz CT molecular complexity index is 906. The third-order valence-corrected chi connectivity index (χ3v) is 3.64. The van der Waals surface area contributed by atoms with Crippen molar-refractivity contribution in [2.45, 2.75) is 0 Å². The van der Waals surface area contributed by atoms with Gasteiger partial charge in [0.2, 0.25) is 0 Å². The predicted molar refractivity (Wildman–Crippen MR) is 98.3 cm³/mol. The van der Waals surface area contributed by atoms with Crippen LogP contribution in [0.4, 0.5) is 5.69 Å². The minimum Gasteiger partial charge on any atom is -0.322 e. The molecule has 0 aromatic heterocycles. The molecule has 1 amide bonds. The fourth-order valence-electron chi connectivity index (χ4n) is 2.18. The molecule has 0 spiro atoms. The van der Waals surface area contributed by atoms with Crippen LogP contribution in [0.5, 0.6) is 0 Å². The summed E-state index contributed by atoms with van der Waals surface area (Å²) in [6.07, 6.45) is 0. The third kappa shape index (κ3) is 4.04. The van der Waals surface area contributed by atoms with Crippen molar-refractivity contribution in [3.63, 3.8) is 0 Å². The highest BCUT2D eigenvalue weighted by Gasteiger charge is 2.09. The van der Waals surface area contributed by atoms with Gasteiger partial charge in [0.15, 0.2) is 0 Å². The van der Waals surface area contributed by atoms with Crippen LogP contribution in [0.2, 0.25) is 5.02 Å². The van der Waals surface area contributed by atoms with E-state index in [1.165, 1.54) is 0 Å². The summed E-state index contributed by atoms with van der Waals surface area (Å²) in [5.41, 5.74) is 2.82. The van der Waals surface area contributed by atoms with Crippen molar-refractivity contribution < 1.29 is 4.79 Å². The van der Waals surface area contributed by atoms with Gasteiger partial charge in [-0.1, -0.05) is 53.8 Å². The van der Waals surface area contributed by atoms with Gasteiger partial charge in [-0.05, 0) is 48.5 Å². The monoisotopic (exact) mass is 331 g/mol. The summed E-state index contributed by atoms with van der Waals surface area (Å²) in [4.78, 5) is 12.5. The lowest BCUT2D eigenvalue weighted by atomic mass is 10.1. The van der Waals surface area contributed by atoms with E-state index in [1.54, 1.807) is 18.2 Å². The average Bonchev–Trinajstić information content (AvgIpc) is 2.62. The van der Waals surface area contributed by atoms with Crippen molar-refractivity contribution in [1.82, 2.24) is 0 Å². The van der Waals surface area contributed by atoms with Gasteiger partial charge in [-0.3, -0.25) is 4.79 Å². The summed E-state index contributed by atoms with van der Waals surface area (Å²) in [7, 11) is 0. The molecule has 116 valence electrons. The van der Waals surface area contributed by atoms with E-state index in [-0.39, 0.29) is 5.91 Å². The molecule has 0 aliphatic heterocycles. The summed E-state index contributed by atoms with van der Waals surface area (Å²) in [5, 5.41) is 3.55. The number of carbonyl (C=O) groups is 1. The van der Waals surface area contributed by atoms with Crippen molar-refractivity contribution >= 4 is 23.2 Å². The van der Waals surface area contributed by atoms with Gasteiger partial charge in [0.05, 0.1) is 5.56 Å². The van der Waals surface area contributed by atoms with Gasteiger partial charge in [-0.2, -0.15) is 0 Å². The van der Waals surface area contributed by atoms with E-state index >= 15 is 0 Å². The lowest BCUT2D eigenvalue weighted by molar-refractivity contribution is 0.102. The molecule has 0 aliphatic carbocycles. The highest BCUT2D eigenvalue weighted by molar-refractivity contribution is 6.30. The quantitative estimate of drug-likeness (QED) is 0.658. The number of nitrogens with one attached hydrogen (secondary N) is 1. The molecule has 3 heteroatoms. The minimum atomic E-state index is -0.179. The van der Waals surface area contributed by atoms with Crippen LogP contribution in [0.1, 0.15) is 21.5 Å². The minimum absolute atomic E-state index is 0.179. The molecule has 0 saturated heterocycles. The molecule has 0 atom stereocenters. The summed E-state index contributed by atoms with van der Waals surface area (Å²) in [6, 6.07) is 23.9. The molecule has 3 rings (SSSR count). The standard InChI is InChI=1S/C21H14ClNO/c22-18-14-11-16(12-15-18)10-13-17-6-4-5-9-20(17)21(24)23-19-7-2-1-3-8-19/h1-9,11-12,14-15H,(H,23,24). The molecule has 0 aliphatic rings. The van der Waals surface area contributed by atoms with Crippen LogP contribution in [-0.2, 0) is 0 Å². The first-order valence-corrected chi connectivity index (χ1v) is 7.83. The maximum Gasteiger partial charge on any atom is 0.256 e. The normalized spacial score (nSPS) is 9.71. The SMILES string of the molecule is O=C(Nc1ccccc1)c1ccccc1C#Cc1ccc(Cl)cc1. The Morgan fingerprint density at radius 3 is 2.21 bits per heavy atom. The maximum absolute atomic E-state index is 12.5. The Morgan fingerprint density at radius 2 is 1.46 bits per heavy atom. The number of amides is 1. The van der Waals surface area contributed by atoms with Crippen LogP contribution in [0.3, 0.4) is 0 Å². The first kappa shape index (κ1) is 15.9. The Hall–Kier alpha value is -3.02. The molecule has 1 N–H and O–H groups in total. The number of rotatable bonds is 2. The van der Waals surface area contributed by atoms with E-state index in [4.69, 9.17) is 11.6 Å². The molecule has 0 heterocycles. The second-order valence-corrected chi connectivity index (χ2v) is 5.56. The zero-order valence-corrected chi connectivity index (χ0v) is 13.5. The fraction of sp³-hybridized carbons (Fsp3) is 0. The summed E-state index contributed by atoms with van der Waals surface area (Å²) in [5.74, 6) is 5.94. The van der Waals surface area contributed by atoms with Crippen molar-refractivity contribution in [1.29, 1.82) is 0 Å². The maximum atomic E-state index is 12.5. The lowest BCUT2D eigenvalue weighted by Gasteiger charge is -2.06. The number of para-hydroxylation sites is 1. The number of halogens is 1. The number of benzene rings is 3. The molecule has 0 fully saturated rings. The topological polar surface area (TPSA) is 29.1 Å². The van der Waals surface area contributed by atoms with E-state index in [2.05, 4.69) is 17.2 Å². The van der Waals surface area contributed by atoms with Crippen LogP contribution in [0, 0.1) is 11.8 Å². The molecule has 3 aromatic carbocycles. The predicted octanol–water partition coefficient (Wildman–Crippen LogP) is 4.99. The Kier molecular flexibility index (Phi) is 4.96. The molecule has 3 aromatic rings. The Morgan fingerprint density at radius 1 is 0.792 bits per heavy atom. The molecular weight excluding hydrogens is 318 g/mol. The zero-order valence-electron chi connectivity index (χ0n) is 12.8. The van der Waals surface area contributed by atoms with Gasteiger partial charge in [-0.15, -0.1) is 0 Å². The number of carbonyl (C=O) groups excluding carboxylic acids is 1. The van der Waals surface area contributed by atoms with Crippen LogP contribution in [-0.4, -0.2) is 5.91 Å². The number of hydrogen-bond acceptors (Lipinski definition) is 1. The smallest absolute Gasteiger partial charge is 0.256 e. The van der Waals surface area contributed by atoms with E-state index in [9.17, 15) is 4.79 Å². The molecule has 24 heavy (non-hydrogen) atoms. The van der Waals surface area contributed by atoms with Gasteiger partial charge in [-0.25, -0.2) is 0 Å². The van der Waals surface area contributed by atoms with Gasteiger partial charge < -0.3 is 5.32 Å². The molecule has 0 bridgehead atoms. The van der Waals surface area contributed by atoms with Crippen molar-refractivity contribution in [2.75, 3.05) is 5.32 Å². The first-order valence-electron chi connectivity index (χ1n) is 7.45. The van der Waals surface area contributed by atoms with E-state index in [1.807, 2.05) is 60.7 Å². The van der Waals surface area contributed by atoms with Crippen LogP contribution in [0.15, 0.2) is 78.9 Å². The molecule has 0 unspecified atom stereocenters. The van der Waals surface area contributed by atoms with Crippen LogP contribution in [0.25, 0.3) is 0 Å². The highest BCUT2D eigenvalue weighted by atomic mass is 35.5. The summed E-state index contributed by atoms with van der Waals surface area (Å²) in [6.45, 7) is 0. The van der Waals surface area contributed by atoms with E-state index in [0.29, 0.717) is 16.1 Å². The van der Waals surface area contributed by atoms with Crippen molar-refractivity contribution in [3.05, 3.63) is 101 Å². The average molecular weight is 332 g/mol. The van der Waals surface area contributed by atoms with E-state index in [0.717, 1.165) is 11.3 Å². The summed E-state index contributed by atoms with van der Waals surface area (Å²) >= 11 is 5.87. The highest BCUT2D eigenvalue weighted by Crippen LogP contribution is 2.13. The van der Waals surface area contributed by atoms with Crippen LogP contribution < -0.4 is 5.32 Å². The van der Waals surface area contributed by atoms with Gasteiger partial charge in [0.25, 0.3) is 5.91 Å². The van der Waals surface area contributed by atoms with Crippen molar-refractivity contribution in [3.8, 4) is 11.8 Å². The molecular formula is C21H14ClNO. The molecule has 0 saturated carbocycles. The Balaban J connectivity index is 1.86. The fourth-order valence-corrected chi connectivity index (χ4v) is 2.31. The molecule has 2 nitrogen and oxygen atoms in total. The third-order valence-electron chi connectivity index (χ3n) is 3.39. The second kappa shape index (κ2) is 7.50. The van der Waals surface area contributed by atoms with Crippen LogP contribution >= 0.6 is 11.6 Å². The largest absolute Gasteiger partial charge is 0.322 e. The first-order chi connectivity index (χ1) is 11.7. The number of anilines is 1. The van der Waals surface area contributed by atoms with Gasteiger partial charge >= 0.3 is 0 Å². The van der Waals surface area contributed by atoms with Gasteiger partial charge in [0, 0.05) is 21.8 Å². The van der Waals surface area contributed by atoms with Gasteiger partial charge in [0.1, 0.15) is 0 Å². The number of hydrogen-bond donors (Lipinski definition) is 1. The lowest BCUT2D eigenvalue weighted by Crippen LogP contribution is -2.13. The molecule has 0 radical (unpaired) electrons. The zero-order chi connectivity index (χ0) is 16.8. The second-order valence-electron chi connectivity index (χ2n) is 5.12. The van der Waals surface area contributed by atoms with Crippen molar-refractivity contribution in [2.24, 2.45) is 0 Å². The summed E-state index contributed by atoms with van der Waals surface area (Å²) < 4.78 is 0. The van der Waals surface area contributed by atoms with E-state index < -0.39 is 0 Å².